The largest absolute Gasteiger partial charge is 0.463 e. The van der Waals surface area contributed by atoms with Gasteiger partial charge in [0, 0.05) is 11.6 Å². The first-order chi connectivity index (χ1) is 15.3. The Hall–Kier alpha value is -3.33. The predicted molar refractivity (Wildman–Crippen MR) is 110 cm³/mol. The van der Waals surface area contributed by atoms with Crippen molar-refractivity contribution in [1.82, 2.24) is 19.5 Å². The van der Waals surface area contributed by atoms with Crippen molar-refractivity contribution in [1.29, 1.82) is 0 Å². The van der Waals surface area contributed by atoms with Crippen molar-refractivity contribution < 1.29 is 22.4 Å². The third-order valence-corrected chi connectivity index (χ3v) is 5.79. The number of benzene rings is 1. The molecule has 1 fully saturated rings. The fraction of sp³-hybridized carbons (Fsp3) is 0.227. The second-order valence-electron chi connectivity index (χ2n) is 7.50. The highest BCUT2D eigenvalue weighted by Gasteiger charge is 2.38. The van der Waals surface area contributed by atoms with Crippen LogP contribution in [-0.4, -0.2) is 31.9 Å². The molecule has 0 aliphatic carbocycles. The number of hydrogen-bond acceptors (Lipinski definition) is 4. The van der Waals surface area contributed by atoms with E-state index in [-0.39, 0.29) is 28.7 Å². The molecule has 0 radical (unpaired) electrons. The Morgan fingerprint density at radius 2 is 1.97 bits per heavy atom. The third-order valence-electron chi connectivity index (χ3n) is 5.53. The molecule has 1 saturated heterocycles. The molecular weight excluding hydrogens is 445 g/mol. The molecule has 3 aromatic heterocycles. The summed E-state index contributed by atoms with van der Waals surface area (Å²) in [5.74, 6) is -0.257. The molecule has 1 atom stereocenters. The fourth-order valence-electron chi connectivity index (χ4n) is 4.06. The highest BCUT2D eigenvalue weighted by Crippen LogP contribution is 2.36. The molecule has 0 unspecified atom stereocenters. The van der Waals surface area contributed by atoms with Crippen LogP contribution in [0.3, 0.4) is 0 Å². The molecule has 0 spiro atoms. The molecular formula is C22H16ClF3N4O2. The van der Waals surface area contributed by atoms with Crippen molar-refractivity contribution in [2.45, 2.75) is 25.1 Å². The molecule has 0 saturated carbocycles. The molecule has 1 aliphatic heterocycles. The summed E-state index contributed by atoms with van der Waals surface area (Å²) in [4.78, 5) is 19.4. The summed E-state index contributed by atoms with van der Waals surface area (Å²) >= 11 is 5.97. The van der Waals surface area contributed by atoms with Gasteiger partial charge in [0.15, 0.2) is 17.1 Å². The van der Waals surface area contributed by atoms with Gasteiger partial charge in [-0.05, 0) is 48.7 Å². The molecule has 10 heteroatoms. The minimum absolute atomic E-state index is 0.00442. The average molecular weight is 461 g/mol. The lowest BCUT2D eigenvalue weighted by Crippen LogP contribution is -2.30. The van der Waals surface area contributed by atoms with E-state index in [4.69, 9.17) is 16.0 Å². The topological polar surface area (TPSA) is 63.6 Å². The van der Waals surface area contributed by atoms with E-state index in [9.17, 15) is 18.0 Å². The zero-order valence-corrected chi connectivity index (χ0v) is 17.3. The van der Waals surface area contributed by atoms with Crippen LogP contribution >= 0.6 is 11.6 Å². The molecule has 1 amide bonds. The number of carbonyl (C=O) groups excluding carboxylic acids is 1. The summed E-state index contributed by atoms with van der Waals surface area (Å²) < 4.78 is 47.1. The maximum Gasteiger partial charge on any atom is 0.433 e. The van der Waals surface area contributed by atoms with Crippen molar-refractivity contribution in [2.24, 2.45) is 0 Å². The lowest BCUT2D eigenvalue weighted by molar-refractivity contribution is -0.142. The Kier molecular flexibility index (Phi) is 4.93. The normalized spacial score (nSPS) is 16.8. The smallest absolute Gasteiger partial charge is 0.433 e. The molecule has 1 aliphatic rings. The quantitative estimate of drug-likeness (QED) is 0.397. The van der Waals surface area contributed by atoms with E-state index in [1.54, 1.807) is 23.1 Å². The van der Waals surface area contributed by atoms with Crippen LogP contribution in [0.15, 0.2) is 59.3 Å². The van der Waals surface area contributed by atoms with Gasteiger partial charge in [0.1, 0.15) is 11.3 Å². The molecule has 32 heavy (non-hydrogen) atoms. The number of amides is 1. The summed E-state index contributed by atoms with van der Waals surface area (Å²) in [5, 5.41) is 4.43. The first-order valence-electron chi connectivity index (χ1n) is 9.89. The zero-order valence-electron chi connectivity index (χ0n) is 16.5. The zero-order chi connectivity index (χ0) is 22.5. The number of rotatable bonds is 3. The van der Waals surface area contributed by atoms with Gasteiger partial charge in [-0.1, -0.05) is 23.7 Å². The van der Waals surface area contributed by atoms with Gasteiger partial charge >= 0.3 is 6.18 Å². The number of fused-ring (bicyclic) bond motifs is 1. The van der Waals surface area contributed by atoms with Gasteiger partial charge in [-0.15, -0.1) is 0 Å². The molecule has 0 bridgehead atoms. The number of halogens is 4. The molecule has 1 aromatic carbocycles. The highest BCUT2D eigenvalue weighted by molar-refractivity contribution is 6.30. The van der Waals surface area contributed by atoms with Crippen molar-refractivity contribution in [2.75, 3.05) is 6.54 Å². The van der Waals surface area contributed by atoms with Gasteiger partial charge in [-0.25, -0.2) is 9.50 Å². The van der Waals surface area contributed by atoms with Gasteiger partial charge in [-0.2, -0.15) is 18.3 Å². The Morgan fingerprint density at radius 1 is 1.19 bits per heavy atom. The summed E-state index contributed by atoms with van der Waals surface area (Å²) in [6.07, 6.45) is -0.697. The van der Waals surface area contributed by atoms with Crippen LogP contribution in [0.1, 0.15) is 40.5 Å². The maximum absolute atomic E-state index is 13.7. The molecule has 4 heterocycles. The Balaban J connectivity index is 1.60. The number of alkyl halides is 3. The van der Waals surface area contributed by atoms with Crippen LogP contribution in [0.25, 0.3) is 17.1 Å². The number of furan rings is 1. The standard InChI is InChI=1S/C22H16ClF3N4O2/c23-14-7-5-13(6-8-14)17-3-1-9-29(17)21(31)15-12-27-30-19(22(24,25)26)11-16(28-20(15)30)18-4-2-10-32-18/h2,4-8,10-12,17H,1,3,9H2/t17-/m0/s1. The minimum atomic E-state index is -4.70. The number of carbonyl (C=O) groups is 1. The van der Waals surface area contributed by atoms with E-state index in [0.29, 0.717) is 16.1 Å². The van der Waals surface area contributed by atoms with Crippen LogP contribution in [0.2, 0.25) is 5.02 Å². The van der Waals surface area contributed by atoms with Crippen molar-refractivity contribution >= 4 is 23.2 Å². The molecule has 0 N–H and O–H groups in total. The summed E-state index contributed by atoms with van der Waals surface area (Å²) in [5.41, 5.74) is -0.316. The number of aromatic nitrogens is 3. The summed E-state index contributed by atoms with van der Waals surface area (Å²) in [6.45, 7) is 0.480. The van der Waals surface area contributed by atoms with Crippen molar-refractivity contribution in [3.05, 3.63) is 76.8 Å². The Morgan fingerprint density at radius 3 is 2.66 bits per heavy atom. The molecule has 164 valence electrons. The minimum Gasteiger partial charge on any atom is -0.463 e. The van der Waals surface area contributed by atoms with Crippen LogP contribution in [0, 0.1) is 0 Å². The third kappa shape index (κ3) is 3.52. The van der Waals surface area contributed by atoms with E-state index in [0.717, 1.165) is 30.7 Å². The maximum atomic E-state index is 13.7. The lowest BCUT2D eigenvalue weighted by atomic mass is 10.0. The van der Waals surface area contributed by atoms with E-state index in [1.807, 2.05) is 12.1 Å². The van der Waals surface area contributed by atoms with Crippen LogP contribution in [0.4, 0.5) is 13.2 Å². The lowest BCUT2D eigenvalue weighted by Gasteiger charge is -2.25. The predicted octanol–water partition coefficient (Wildman–Crippen LogP) is 5.64. The molecule has 4 aromatic rings. The van der Waals surface area contributed by atoms with E-state index in [1.165, 1.54) is 12.3 Å². The first kappa shape index (κ1) is 20.6. The van der Waals surface area contributed by atoms with Gasteiger partial charge in [0.05, 0.1) is 18.5 Å². The molecule has 6 nitrogen and oxygen atoms in total. The van der Waals surface area contributed by atoms with Gasteiger partial charge in [0.2, 0.25) is 0 Å². The fourth-order valence-corrected chi connectivity index (χ4v) is 4.19. The number of hydrogen-bond donors (Lipinski definition) is 0. The van der Waals surface area contributed by atoms with E-state index in [2.05, 4.69) is 10.1 Å². The molecule has 5 rings (SSSR count). The van der Waals surface area contributed by atoms with E-state index >= 15 is 0 Å². The average Bonchev–Trinajstić information content (AvgIpc) is 3.52. The van der Waals surface area contributed by atoms with Gasteiger partial charge in [0.25, 0.3) is 5.91 Å². The van der Waals surface area contributed by atoms with Crippen LogP contribution in [-0.2, 0) is 6.18 Å². The van der Waals surface area contributed by atoms with Crippen LogP contribution < -0.4 is 0 Å². The summed E-state index contributed by atoms with van der Waals surface area (Å²) in [6, 6.07) is 10.9. The second kappa shape index (κ2) is 7.67. The van der Waals surface area contributed by atoms with Crippen LogP contribution in [0.5, 0.6) is 0 Å². The van der Waals surface area contributed by atoms with Gasteiger partial charge in [-0.3, -0.25) is 4.79 Å². The van der Waals surface area contributed by atoms with Crippen molar-refractivity contribution in [3.8, 4) is 11.5 Å². The Labute approximate surface area is 185 Å². The summed E-state index contributed by atoms with van der Waals surface area (Å²) in [7, 11) is 0. The first-order valence-corrected chi connectivity index (χ1v) is 10.3. The Bertz CT molecular complexity index is 1280. The number of nitrogens with zero attached hydrogens (tertiary/aromatic N) is 4. The monoisotopic (exact) mass is 460 g/mol. The highest BCUT2D eigenvalue weighted by atomic mass is 35.5. The second-order valence-corrected chi connectivity index (χ2v) is 7.94. The van der Waals surface area contributed by atoms with E-state index < -0.39 is 17.8 Å². The van der Waals surface area contributed by atoms with Crippen molar-refractivity contribution in [3.63, 3.8) is 0 Å². The van der Waals surface area contributed by atoms with Gasteiger partial charge < -0.3 is 9.32 Å². The SMILES string of the molecule is O=C(c1cnn2c(C(F)(F)F)cc(-c3ccco3)nc12)N1CCC[C@H]1c1ccc(Cl)cc1. The number of likely N-dealkylation sites (tertiary alicyclic amines) is 1.